The van der Waals surface area contributed by atoms with Crippen LogP contribution in [-0.2, 0) is 14.8 Å². The minimum atomic E-state index is -3.49. The smallest absolute Gasteiger partial charge is 0.244 e. The highest BCUT2D eigenvalue weighted by Crippen LogP contribution is 2.33. The van der Waals surface area contributed by atoms with E-state index in [1.54, 1.807) is 37.3 Å². The molecule has 2 aliphatic rings. The van der Waals surface area contributed by atoms with Gasteiger partial charge in [-0.25, -0.2) is 13.4 Å². The number of nitrogens with one attached hydrogen (secondary N) is 1. The maximum absolute atomic E-state index is 12.6. The van der Waals surface area contributed by atoms with E-state index in [-0.39, 0.29) is 10.8 Å². The predicted molar refractivity (Wildman–Crippen MR) is 114 cm³/mol. The van der Waals surface area contributed by atoms with Crippen molar-refractivity contribution in [2.45, 2.75) is 34.9 Å². The highest BCUT2D eigenvalue weighted by Gasteiger charge is 2.27. The van der Waals surface area contributed by atoms with Crippen molar-refractivity contribution in [3.63, 3.8) is 0 Å². The summed E-state index contributed by atoms with van der Waals surface area (Å²) in [4.78, 5) is 17.0. The summed E-state index contributed by atoms with van der Waals surface area (Å²) in [5.41, 5.74) is 0.622. The second-order valence-corrected chi connectivity index (χ2v) is 10.4. The van der Waals surface area contributed by atoms with Gasteiger partial charge in [0.25, 0.3) is 0 Å². The number of thioether (sulfide) groups is 1. The van der Waals surface area contributed by atoms with Crippen LogP contribution in [0.2, 0.25) is 0 Å². The van der Waals surface area contributed by atoms with E-state index in [1.807, 2.05) is 0 Å². The van der Waals surface area contributed by atoms with Crippen LogP contribution >= 0.6 is 11.8 Å². The molecule has 0 aliphatic carbocycles. The standard InChI is InChI=1S/C20H23N3O5S2/c1-14(20(24)22-15-4-6-17-18(12-15)28-11-10-27-17)29-19-7-5-16(13-21-19)30(25,26)23-8-2-3-9-23/h4-7,12-14H,2-3,8-11H2,1H3,(H,22,24)/t14-/m0/s1. The molecule has 10 heteroatoms. The first-order valence-corrected chi connectivity index (χ1v) is 12.1. The van der Waals surface area contributed by atoms with Gasteiger partial charge in [0.05, 0.1) is 10.3 Å². The van der Waals surface area contributed by atoms with Gasteiger partial charge < -0.3 is 14.8 Å². The van der Waals surface area contributed by atoms with Gasteiger partial charge >= 0.3 is 0 Å². The number of hydrogen-bond donors (Lipinski definition) is 1. The first-order valence-electron chi connectivity index (χ1n) is 9.77. The van der Waals surface area contributed by atoms with Gasteiger partial charge in [0.2, 0.25) is 15.9 Å². The Kier molecular flexibility index (Phi) is 6.16. The monoisotopic (exact) mass is 449 g/mol. The lowest BCUT2D eigenvalue weighted by Gasteiger charge is -2.19. The van der Waals surface area contributed by atoms with Gasteiger partial charge in [0, 0.05) is 31.0 Å². The Labute approximate surface area is 180 Å². The second-order valence-electron chi connectivity index (χ2n) is 7.05. The van der Waals surface area contributed by atoms with Crippen molar-refractivity contribution in [1.29, 1.82) is 0 Å². The molecule has 3 heterocycles. The molecule has 1 aromatic carbocycles. The summed E-state index contributed by atoms with van der Waals surface area (Å²) in [5, 5.41) is 3.02. The number of amides is 1. The van der Waals surface area contributed by atoms with Crippen molar-refractivity contribution >= 4 is 33.4 Å². The number of fused-ring (bicyclic) bond motifs is 1. The number of hydrogen-bond acceptors (Lipinski definition) is 7. The summed E-state index contributed by atoms with van der Waals surface area (Å²) < 4.78 is 37.7. The minimum absolute atomic E-state index is 0.183. The fourth-order valence-electron chi connectivity index (χ4n) is 3.27. The lowest BCUT2D eigenvalue weighted by atomic mass is 10.2. The van der Waals surface area contributed by atoms with E-state index in [9.17, 15) is 13.2 Å². The molecule has 2 aliphatic heterocycles. The molecule has 0 spiro atoms. The Balaban J connectivity index is 1.37. The summed E-state index contributed by atoms with van der Waals surface area (Å²) in [6, 6.07) is 8.46. The molecule has 1 N–H and O–H groups in total. The molecule has 30 heavy (non-hydrogen) atoms. The first kappa shape index (κ1) is 21.0. The normalized spacial score (nSPS) is 17.5. The molecule has 1 fully saturated rings. The van der Waals surface area contributed by atoms with Crippen LogP contribution in [0, 0.1) is 0 Å². The summed E-state index contributed by atoms with van der Waals surface area (Å²) >= 11 is 1.26. The zero-order valence-electron chi connectivity index (χ0n) is 16.5. The van der Waals surface area contributed by atoms with Gasteiger partial charge in [-0.2, -0.15) is 4.31 Å². The van der Waals surface area contributed by atoms with E-state index in [1.165, 1.54) is 22.3 Å². The third-order valence-corrected chi connectivity index (χ3v) is 7.82. The maximum Gasteiger partial charge on any atom is 0.244 e. The Morgan fingerprint density at radius 2 is 1.87 bits per heavy atom. The first-order chi connectivity index (χ1) is 14.4. The number of carbonyl (C=O) groups is 1. The van der Waals surface area contributed by atoms with Crippen LogP contribution in [0.3, 0.4) is 0 Å². The summed E-state index contributed by atoms with van der Waals surface area (Å²) in [5.74, 6) is 1.08. The highest BCUT2D eigenvalue weighted by molar-refractivity contribution is 8.00. The van der Waals surface area contributed by atoms with E-state index >= 15 is 0 Å². The molecule has 0 bridgehead atoms. The van der Waals surface area contributed by atoms with Crippen LogP contribution in [0.4, 0.5) is 5.69 Å². The van der Waals surface area contributed by atoms with E-state index in [0.29, 0.717) is 48.5 Å². The molecular formula is C20H23N3O5S2. The van der Waals surface area contributed by atoms with E-state index in [0.717, 1.165) is 12.8 Å². The Morgan fingerprint density at radius 3 is 2.57 bits per heavy atom. The van der Waals surface area contributed by atoms with Crippen molar-refractivity contribution in [2.75, 3.05) is 31.6 Å². The Hall–Kier alpha value is -2.30. The number of ether oxygens (including phenoxy) is 2. The molecule has 1 aromatic heterocycles. The van der Waals surface area contributed by atoms with Crippen molar-refractivity contribution in [1.82, 2.24) is 9.29 Å². The number of anilines is 1. The zero-order valence-corrected chi connectivity index (χ0v) is 18.2. The number of sulfonamides is 1. The predicted octanol–water partition coefficient (Wildman–Crippen LogP) is 2.76. The maximum atomic E-state index is 12.6. The molecule has 4 rings (SSSR count). The van der Waals surface area contributed by atoms with Gasteiger partial charge in [0.1, 0.15) is 18.1 Å². The van der Waals surface area contributed by atoms with E-state index in [2.05, 4.69) is 10.3 Å². The van der Waals surface area contributed by atoms with Crippen LogP contribution < -0.4 is 14.8 Å². The number of benzene rings is 1. The SMILES string of the molecule is C[C@H](Sc1ccc(S(=O)(=O)N2CCCC2)cn1)C(=O)Nc1ccc2c(c1)OCCO2. The number of rotatable bonds is 6. The molecular weight excluding hydrogens is 426 g/mol. The molecule has 1 atom stereocenters. The summed E-state index contributed by atoms with van der Waals surface area (Å²) in [6.07, 6.45) is 3.13. The lowest BCUT2D eigenvalue weighted by molar-refractivity contribution is -0.115. The van der Waals surface area contributed by atoms with Crippen molar-refractivity contribution < 1.29 is 22.7 Å². The molecule has 2 aromatic rings. The molecule has 0 saturated carbocycles. The van der Waals surface area contributed by atoms with Crippen molar-refractivity contribution in [3.05, 3.63) is 36.5 Å². The minimum Gasteiger partial charge on any atom is -0.486 e. The van der Waals surface area contributed by atoms with Crippen LogP contribution in [0.5, 0.6) is 11.5 Å². The third kappa shape index (κ3) is 4.55. The van der Waals surface area contributed by atoms with Crippen LogP contribution in [0.1, 0.15) is 19.8 Å². The molecule has 0 unspecified atom stereocenters. The average Bonchev–Trinajstić information content (AvgIpc) is 3.30. The molecule has 8 nitrogen and oxygen atoms in total. The third-order valence-electron chi connectivity index (χ3n) is 4.89. The van der Waals surface area contributed by atoms with E-state index < -0.39 is 15.3 Å². The topological polar surface area (TPSA) is 97.8 Å². The van der Waals surface area contributed by atoms with Crippen LogP contribution in [0.25, 0.3) is 0 Å². The fraction of sp³-hybridized carbons (Fsp3) is 0.400. The molecule has 160 valence electrons. The Morgan fingerprint density at radius 1 is 1.13 bits per heavy atom. The lowest BCUT2D eigenvalue weighted by Crippen LogP contribution is -2.28. The van der Waals surface area contributed by atoms with Gasteiger partial charge in [-0.15, -0.1) is 0 Å². The summed E-state index contributed by atoms with van der Waals surface area (Å²) in [6.45, 7) is 3.86. The second kappa shape index (κ2) is 8.83. The fourth-order valence-corrected chi connectivity index (χ4v) is 5.52. The van der Waals surface area contributed by atoms with Crippen molar-refractivity contribution in [3.8, 4) is 11.5 Å². The summed E-state index contributed by atoms with van der Waals surface area (Å²) in [7, 11) is -3.49. The average molecular weight is 450 g/mol. The Bertz CT molecular complexity index is 1020. The number of aromatic nitrogens is 1. The quantitative estimate of drug-likeness (QED) is 0.677. The van der Waals surface area contributed by atoms with Gasteiger partial charge in [-0.1, -0.05) is 11.8 Å². The van der Waals surface area contributed by atoms with Crippen LogP contribution in [-0.4, -0.2) is 55.2 Å². The van der Waals surface area contributed by atoms with Gasteiger partial charge in [-0.3, -0.25) is 4.79 Å². The zero-order chi connectivity index (χ0) is 21.1. The number of carbonyl (C=O) groups excluding carboxylic acids is 1. The van der Waals surface area contributed by atoms with Crippen LogP contribution in [0.15, 0.2) is 46.5 Å². The highest BCUT2D eigenvalue weighted by atomic mass is 32.2. The van der Waals surface area contributed by atoms with E-state index in [4.69, 9.17) is 9.47 Å². The van der Waals surface area contributed by atoms with Gasteiger partial charge in [0.15, 0.2) is 11.5 Å². The largest absolute Gasteiger partial charge is 0.486 e. The van der Waals surface area contributed by atoms with Crippen molar-refractivity contribution in [2.24, 2.45) is 0 Å². The number of nitrogens with zero attached hydrogens (tertiary/aromatic N) is 2. The van der Waals surface area contributed by atoms with Gasteiger partial charge in [-0.05, 0) is 44.0 Å². The molecule has 1 saturated heterocycles. The molecule has 1 amide bonds. The molecule has 0 radical (unpaired) electrons. The number of pyridine rings is 1.